The van der Waals surface area contributed by atoms with Crippen molar-refractivity contribution in [2.75, 3.05) is 11.1 Å². The van der Waals surface area contributed by atoms with Crippen LogP contribution in [0.5, 0.6) is 0 Å². The largest absolute Gasteiger partial charge is 0.398 e. The van der Waals surface area contributed by atoms with E-state index >= 15 is 0 Å². The molecule has 3 nitrogen and oxygen atoms in total. The van der Waals surface area contributed by atoms with Gasteiger partial charge in [-0.2, -0.15) is 0 Å². The average Bonchev–Trinajstić information content (AvgIpc) is 2.34. The summed E-state index contributed by atoms with van der Waals surface area (Å²) in [7, 11) is 0. The summed E-state index contributed by atoms with van der Waals surface area (Å²) < 4.78 is 26.3. The number of halogens is 2. The number of aryl methyl sites for hydroxylation is 1. The van der Waals surface area contributed by atoms with Crippen molar-refractivity contribution in [2.45, 2.75) is 13.5 Å². The molecule has 0 aliphatic rings. The lowest BCUT2D eigenvalue weighted by molar-refractivity contribution is 0.587. The lowest BCUT2D eigenvalue weighted by Crippen LogP contribution is -2.05. The summed E-state index contributed by atoms with van der Waals surface area (Å²) in [5.74, 6) is -0.393. The first-order chi connectivity index (χ1) is 8.56. The average molecular weight is 249 g/mol. The standard InChI is InChI=1S/C13H13F2N3/c1-8-6-17-13(5-12(8)16)18-7-9-4-10(14)2-3-11(9)15/h2-6H,7H2,1H3,(H3,16,17,18). The number of nitrogens with two attached hydrogens (primary N) is 1. The zero-order chi connectivity index (χ0) is 13.1. The van der Waals surface area contributed by atoms with Crippen LogP contribution in [0, 0.1) is 18.6 Å². The number of rotatable bonds is 3. The van der Waals surface area contributed by atoms with E-state index in [0.717, 1.165) is 23.8 Å². The maximum absolute atomic E-state index is 13.4. The highest BCUT2D eigenvalue weighted by Crippen LogP contribution is 2.16. The Labute approximate surface area is 104 Å². The molecule has 3 N–H and O–H groups in total. The zero-order valence-corrected chi connectivity index (χ0v) is 9.87. The lowest BCUT2D eigenvalue weighted by atomic mass is 10.2. The summed E-state index contributed by atoms with van der Waals surface area (Å²) in [6.45, 7) is 2.00. The van der Waals surface area contributed by atoms with Crippen LogP contribution in [0.1, 0.15) is 11.1 Å². The van der Waals surface area contributed by atoms with Crippen molar-refractivity contribution >= 4 is 11.5 Å². The highest BCUT2D eigenvalue weighted by Gasteiger charge is 2.04. The molecule has 5 heteroatoms. The van der Waals surface area contributed by atoms with Crippen LogP contribution in [0.2, 0.25) is 0 Å². The minimum absolute atomic E-state index is 0.152. The summed E-state index contributed by atoms with van der Waals surface area (Å²) in [4.78, 5) is 4.10. The zero-order valence-electron chi connectivity index (χ0n) is 9.87. The molecule has 0 spiro atoms. The Hall–Kier alpha value is -2.17. The van der Waals surface area contributed by atoms with E-state index in [9.17, 15) is 8.78 Å². The van der Waals surface area contributed by atoms with Crippen molar-refractivity contribution in [3.8, 4) is 0 Å². The first-order valence-electron chi connectivity index (χ1n) is 5.46. The summed E-state index contributed by atoms with van der Waals surface area (Å²) in [5.41, 5.74) is 7.45. The Morgan fingerprint density at radius 2 is 2.06 bits per heavy atom. The first-order valence-corrected chi connectivity index (χ1v) is 5.46. The maximum atomic E-state index is 13.4. The fourth-order valence-corrected chi connectivity index (χ4v) is 1.50. The molecule has 0 aliphatic heterocycles. The number of benzene rings is 1. The minimum atomic E-state index is -0.468. The van der Waals surface area contributed by atoms with E-state index in [1.165, 1.54) is 0 Å². The third kappa shape index (κ3) is 2.74. The van der Waals surface area contributed by atoms with Crippen molar-refractivity contribution < 1.29 is 8.78 Å². The number of aromatic nitrogens is 1. The van der Waals surface area contributed by atoms with E-state index in [4.69, 9.17) is 5.73 Å². The van der Waals surface area contributed by atoms with E-state index in [-0.39, 0.29) is 12.1 Å². The number of anilines is 2. The molecule has 2 aromatic rings. The molecule has 0 amide bonds. The first kappa shape index (κ1) is 12.3. The quantitative estimate of drug-likeness (QED) is 0.879. The molecule has 1 aromatic heterocycles. The van der Waals surface area contributed by atoms with Crippen LogP contribution in [-0.4, -0.2) is 4.98 Å². The Balaban J connectivity index is 2.11. The van der Waals surface area contributed by atoms with Crippen LogP contribution in [0.3, 0.4) is 0 Å². The molecule has 94 valence electrons. The van der Waals surface area contributed by atoms with Gasteiger partial charge in [-0.15, -0.1) is 0 Å². The van der Waals surface area contributed by atoms with Gasteiger partial charge < -0.3 is 11.1 Å². The minimum Gasteiger partial charge on any atom is -0.398 e. The second-order valence-electron chi connectivity index (χ2n) is 4.02. The summed E-state index contributed by atoms with van der Waals surface area (Å²) in [6.07, 6.45) is 1.62. The molecular weight excluding hydrogens is 236 g/mol. The van der Waals surface area contributed by atoms with Crippen LogP contribution >= 0.6 is 0 Å². The maximum Gasteiger partial charge on any atom is 0.128 e. The normalized spacial score (nSPS) is 10.4. The number of hydrogen-bond donors (Lipinski definition) is 2. The smallest absolute Gasteiger partial charge is 0.128 e. The van der Waals surface area contributed by atoms with Gasteiger partial charge in [-0.3, -0.25) is 0 Å². The van der Waals surface area contributed by atoms with E-state index in [1.807, 2.05) is 6.92 Å². The molecule has 2 rings (SSSR count). The second kappa shape index (κ2) is 5.00. The second-order valence-corrected chi connectivity index (χ2v) is 4.02. The van der Waals surface area contributed by atoms with Gasteiger partial charge in [0.1, 0.15) is 17.5 Å². The van der Waals surface area contributed by atoms with Gasteiger partial charge in [-0.25, -0.2) is 13.8 Å². The molecule has 0 saturated carbocycles. The Kier molecular flexibility index (Phi) is 3.41. The third-order valence-corrected chi connectivity index (χ3v) is 2.61. The van der Waals surface area contributed by atoms with Crippen molar-refractivity contribution in [1.82, 2.24) is 4.98 Å². The molecule has 0 aliphatic carbocycles. The molecule has 1 aromatic carbocycles. The van der Waals surface area contributed by atoms with Gasteiger partial charge in [-0.1, -0.05) is 0 Å². The number of nitrogens with one attached hydrogen (secondary N) is 1. The van der Waals surface area contributed by atoms with Crippen molar-refractivity contribution in [2.24, 2.45) is 0 Å². The van der Waals surface area contributed by atoms with E-state index in [2.05, 4.69) is 10.3 Å². The molecular formula is C13H13F2N3. The van der Waals surface area contributed by atoms with Gasteiger partial charge in [0.15, 0.2) is 0 Å². The van der Waals surface area contributed by atoms with Crippen LogP contribution < -0.4 is 11.1 Å². The molecule has 1 heterocycles. The fraction of sp³-hybridized carbons (Fsp3) is 0.154. The summed E-state index contributed by atoms with van der Waals surface area (Å²) in [6, 6.07) is 5.00. The van der Waals surface area contributed by atoms with Gasteiger partial charge in [0.2, 0.25) is 0 Å². The predicted molar refractivity (Wildman–Crippen MR) is 67.1 cm³/mol. The lowest BCUT2D eigenvalue weighted by Gasteiger charge is -2.08. The summed E-state index contributed by atoms with van der Waals surface area (Å²) >= 11 is 0. The van der Waals surface area contributed by atoms with Gasteiger partial charge >= 0.3 is 0 Å². The predicted octanol–water partition coefficient (Wildman–Crippen LogP) is 2.86. The Morgan fingerprint density at radius 3 is 2.78 bits per heavy atom. The van der Waals surface area contributed by atoms with Gasteiger partial charge in [0, 0.05) is 30.1 Å². The Bertz CT molecular complexity index is 570. The monoisotopic (exact) mass is 249 g/mol. The SMILES string of the molecule is Cc1cnc(NCc2cc(F)ccc2F)cc1N. The van der Waals surface area contributed by atoms with Crippen LogP contribution in [0.25, 0.3) is 0 Å². The van der Waals surface area contributed by atoms with Crippen molar-refractivity contribution in [3.05, 3.63) is 53.2 Å². The van der Waals surface area contributed by atoms with Crippen LogP contribution in [0.4, 0.5) is 20.3 Å². The molecule has 0 fully saturated rings. The molecule has 0 unspecified atom stereocenters. The van der Waals surface area contributed by atoms with Gasteiger partial charge in [-0.05, 0) is 30.7 Å². The number of nitrogen functional groups attached to an aromatic ring is 1. The van der Waals surface area contributed by atoms with Crippen LogP contribution in [0.15, 0.2) is 30.5 Å². The van der Waals surface area contributed by atoms with Gasteiger partial charge in [0.05, 0.1) is 0 Å². The number of hydrogen-bond acceptors (Lipinski definition) is 3. The topological polar surface area (TPSA) is 50.9 Å². The summed E-state index contributed by atoms with van der Waals surface area (Å²) in [5, 5.41) is 2.90. The number of nitrogens with zero attached hydrogens (tertiary/aromatic N) is 1. The third-order valence-electron chi connectivity index (χ3n) is 2.61. The van der Waals surface area contributed by atoms with E-state index in [1.54, 1.807) is 12.3 Å². The van der Waals surface area contributed by atoms with E-state index < -0.39 is 11.6 Å². The highest BCUT2D eigenvalue weighted by atomic mass is 19.1. The van der Waals surface area contributed by atoms with Crippen LogP contribution in [-0.2, 0) is 6.54 Å². The Morgan fingerprint density at radius 1 is 1.28 bits per heavy atom. The highest BCUT2D eigenvalue weighted by molar-refractivity contribution is 5.53. The van der Waals surface area contributed by atoms with Crippen molar-refractivity contribution in [3.63, 3.8) is 0 Å². The molecule has 0 atom stereocenters. The van der Waals surface area contributed by atoms with Gasteiger partial charge in [0.25, 0.3) is 0 Å². The molecule has 0 bridgehead atoms. The fourth-order valence-electron chi connectivity index (χ4n) is 1.50. The molecule has 0 saturated heterocycles. The molecule has 18 heavy (non-hydrogen) atoms. The molecule has 0 radical (unpaired) electrons. The van der Waals surface area contributed by atoms with E-state index in [0.29, 0.717) is 11.5 Å². The number of pyridine rings is 1. The van der Waals surface area contributed by atoms with Crippen molar-refractivity contribution in [1.29, 1.82) is 0 Å².